The molecule has 2 aromatic carbocycles. The lowest BCUT2D eigenvalue weighted by Gasteiger charge is -2.28. The lowest BCUT2D eigenvalue weighted by Crippen LogP contribution is -2.41. The minimum atomic E-state index is -3.08. The fourth-order valence-electron chi connectivity index (χ4n) is 3.83. The summed E-state index contributed by atoms with van der Waals surface area (Å²) >= 11 is 1.40. The zero-order valence-corrected chi connectivity index (χ0v) is 18.5. The van der Waals surface area contributed by atoms with E-state index >= 15 is 0 Å². The number of nitrogens with zero attached hydrogens (tertiary/aromatic N) is 2. The number of benzene rings is 2. The molecule has 2 heterocycles. The van der Waals surface area contributed by atoms with Gasteiger partial charge in [-0.2, -0.15) is 0 Å². The molecular weight excluding hydrogens is 416 g/mol. The third-order valence-corrected chi connectivity index (χ3v) is 8.05. The fraction of sp³-hybridized carbons (Fsp3) is 0.304. The van der Waals surface area contributed by atoms with Crippen molar-refractivity contribution in [1.29, 1.82) is 0 Å². The Bertz CT molecular complexity index is 1160. The van der Waals surface area contributed by atoms with Crippen LogP contribution < -0.4 is 0 Å². The molecule has 1 fully saturated rings. The van der Waals surface area contributed by atoms with E-state index in [2.05, 4.69) is 4.98 Å². The molecule has 30 heavy (non-hydrogen) atoms. The highest BCUT2D eigenvalue weighted by Crippen LogP contribution is 2.26. The predicted molar refractivity (Wildman–Crippen MR) is 121 cm³/mol. The zero-order valence-electron chi connectivity index (χ0n) is 16.8. The number of amides is 1. The van der Waals surface area contributed by atoms with E-state index < -0.39 is 9.84 Å². The van der Waals surface area contributed by atoms with Gasteiger partial charge in [-0.15, -0.1) is 0 Å². The summed E-state index contributed by atoms with van der Waals surface area (Å²) in [7, 11) is -3.08. The molecule has 5 nitrogen and oxygen atoms in total. The van der Waals surface area contributed by atoms with Crippen LogP contribution >= 0.6 is 11.8 Å². The van der Waals surface area contributed by atoms with Crippen LogP contribution in [0.2, 0.25) is 0 Å². The van der Waals surface area contributed by atoms with Gasteiger partial charge in [-0.25, -0.2) is 13.4 Å². The number of hydrogen-bond donors (Lipinski definition) is 0. The number of aryl methyl sites for hydroxylation is 1. The van der Waals surface area contributed by atoms with Crippen LogP contribution in [-0.2, 0) is 21.2 Å². The lowest BCUT2D eigenvalue weighted by atomic mass is 10.1. The SMILES string of the molecule is Cc1cc(SCC(=O)N(Cc2ccccc2)[C@@H]2CCS(=O)(=O)C2)nc2ccccc12. The maximum absolute atomic E-state index is 13.1. The summed E-state index contributed by atoms with van der Waals surface area (Å²) in [4.78, 5) is 19.6. The summed E-state index contributed by atoms with van der Waals surface area (Å²) in [5.41, 5.74) is 3.04. The maximum Gasteiger partial charge on any atom is 0.233 e. The molecule has 1 atom stereocenters. The van der Waals surface area contributed by atoms with Gasteiger partial charge in [0.05, 0.1) is 27.8 Å². The molecule has 1 saturated heterocycles. The molecule has 0 aliphatic carbocycles. The van der Waals surface area contributed by atoms with E-state index in [1.165, 1.54) is 11.8 Å². The first-order valence-electron chi connectivity index (χ1n) is 9.94. The molecule has 0 radical (unpaired) electrons. The first-order chi connectivity index (χ1) is 14.4. The van der Waals surface area contributed by atoms with Crippen molar-refractivity contribution in [3.63, 3.8) is 0 Å². The van der Waals surface area contributed by atoms with E-state index in [1.807, 2.05) is 67.6 Å². The van der Waals surface area contributed by atoms with Crippen molar-refractivity contribution in [2.45, 2.75) is 31.0 Å². The van der Waals surface area contributed by atoms with E-state index in [4.69, 9.17) is 0 Å². The normalized spacial score (nSPS) is 17.8. The molecule has 0 N–H and O–H groups in total. The summed E-state index contributed by atoms with van der Waals surface area (Å²) < 4.78 is 24.0. The van der Waals surface area contributed by atoms with Crippen LogP contribution in [0.4, 0.5) is 0 Å². The van der Waals surface area contributed by atoms with E-state index in [-0.39, 0.29) is 29.2 Å². The van der Waals surface area contributed by atoms with Gasteiger partial charge in [-0.1, -0.05) is 60.3 Å². The van der Waals surface area contributed by atoms with Crippen LogP contribution in [0, 0.1) is 6.92 Å². The Balaban J connectivity index is 1.51. The number of carbonyl (C=O) groups is 1. The Hall–Kier alpha value is -2.38. The van der Waals surface area contributed by atoms with Crippen LogP contribution in [0.5, 0.6) is 0 Å². The Morgan fingerprint density at radius 1 is 1.13 bits per heavy atom. The number of thioether (sulfide) groups is 1. The second kappa shape index (κ2) is 8.78. The average Bonchev–Trinajstić information content (AvgIpc) is 3.10. The van der Waals surface area contributed by atoms with Crippen molar-refractivity contribution in [2.24, 2.45) is 0 Å². The first kappa shape index (κ1) is 20.9. The predicted octanol–water partition coefficient (Wildman–Crippen LogP) is 3.85. The van der Waals surface area contributed by atoms with Gasteiger partial charge in [0.2, 0.25) is 5.91 Å². The Kier molecular flexibility index (Phi) is 6.11. The topological polar surface area (TPSA) is 67.3 Å². The van der Waals surface area contributed by atoms with Crippen LogP contribution in [0.1, 0.15) is 17.5 Å². The molecule has 1 amide bonds. The number of sulfone groups is 1. The third kappa shape index (κ3) is 4.84. The molecule has 156 valence electrons. The van der Waals surface area contributed by atoms with Gasteiger partial charge in [0, 0.05) is 18.0 Å². The zero-order chi connectivity index (χ0) is 21.1. The Morgan fingerprint density at radius 2 is 1.87 bits per heavy atom. The van der Waals surface area contributed by atoms with Gasteiger partial charge in [-0.3, -0.25) is 4.79 Å². The number of para-hydroxylation sites is 1. The van der Waals surface area contributed by atoms with Crippen LogP contribution in [0.3, 0.4) is 0 Å². The molecule has 4 rings (SSSR count). The largest absolute Gasteiger partial charge is 0.334 e. The molecule has 0 unspecified atom stereocenters. The van der Waals surface area contributed by atoms with Gasteiger partial charge < -0.3 is 4.90 Å². The number of fused-ring (bicyclic) bond motifs is 1. The summed E-state index contributed by atoms with van der Waals surface area (Å²) in [5, 5.41) is 1.91. The van der Waals surface area contributed by atoms with Gasteiger partial charge in [0.25, 0.3) is 0 Å². The smallest absolute Gasteiger partial charge is 0.233 e. The minimum Gasteiger partial charge on any atom is -0.334 e. The Labute approximate surface area is 181 Å². The summed E-state index contributed by atoms with van der Waals surface area (Å²) in [6.07, 6.45) is 0.499. The highest BCUT2D eigenvalue weighted by atomic mass is 32.2. The van der Waals surface area contributed by atoms with E-state index in [9.17, 15) is 13.2 Å². The molecule has 0 bridgehead atoms. The van der Waals surface area contributed by atoms with E-state index in [1.54, 1.807) is 4.90 Å². The van der Waals surface area contributed by atoms with Crippen molar-refractivity contribution in [2.75, 3.05) is 17.3 Å². The van der Waals surface area contributed by atoms with Crippen molar-refractivity contribution in [3.8, 4) is 0 Å². The van der Waals surface area contributed by atoms with Gasteiger partial charge in [0.15, 0.2) is 9.84 Å². The van der Waals surface area contributed by atoms with Gasteiger partial charge in [-0.05, 0) is 36.6 Å². The number of rotatable bonds is 6. The molecule has 0 spiro atoms. The van der Waals surface area contributed by atoms with Gasteiger partial charge in [0.1, 0.15) is 0 Å². The molecule has 7 heteroatoms. The number of hydrogen-bond acceptors (Lipinski definition) is 5. The average molecular weight is 441 g/mol. The molecule has 0 saturated carbocycles. The van der Waals surface area contributed by atoms with Gasteiger partial charge >= 0.3 is 0 Å². The van der Waals surface area contributed by atoms with Crippen LogP contribution in [-0.4, -0.2) is 47.5 Å². The summed E-state index contributed by atoms with van der Waals surface area (Å²) in [6.45, 7) is 2.46. The molecule has 1 aliphatic rings. The van der Waals surface area contributed by atoms with Crippen LogP contribution in [0.25, 0.3) is 10.9 Å². The quantitative estimate of drug-likeness (QED) is 0.545. The maximum atomic E-state index is 13.1. The lowest BCUT2D eigenvalue weighted by molar-refractivity contribution is -0.130. The molecule has 1 aliphatic heterocycles. The highest BCUT2D eigenvalue weighted by molar-refractivity contribution is 7.99. The minimum absolute atomic E-state index is 0.0452. The fourth-order valence-corrected chi connectivity index (χ4v) is 6.42. The number of carbonyl (C=O) groups excluding carboxylic acids is 1. The molecule has 3 aromatic rings. The molecular formula is C23H24N2O3S2. The highest BCUT2D eigenvalue weighted by Gasteiger charge is 2.34. The van der Waals surface area contributed by atoms with E-state index in [0.717, 1.165) is 27.1 Å². The number of aromatic nitrogens is 1. The van der Waals surface area contributed by atoms with Crippen molar-refractivity contribution >= 4 is 38.4 Å². The second-order valence-electron chi connectivity index (χ2n) is 7.65. The molecule has 1 aromatic heterocycles. The van der Waals surface area contributed by atoms with Crippen LogP contribution in [0.15, 0.2) is 65.7 Å². The first-order valence-corrected chi connectivity index (χ1v) is 12.7. The van der Waals surface area contributed by atoms with Crippen molar-refractivity contribution in [3.05, 3.63) is 71.8 Å². The third-order valence-electron chi connectivity index (χ3n) is 5.41. The monoisotopic (exact) mass is 440 g/mol. The summed E-state index contributed by atoms with van der Waals surface area (Å²) in [6, 6.07) is 19.4. The van der Waals surface area contributed by atoms with Crippen molar-refractivity contribution < 1.29 is 13.2 Å². The van der Waals surface area contributed by atoms with Crippen molar-refractivity contribution in [1.82, 2.24) is 9.88 Å². The Morgan fingerprint density at radius 3 is 2.60 bits per heavy atom. The standard InChI is InChI=1S/C23H24N2O3S2/c1-17-13-22(24-21-10-6-5-9-20(17)21)29-15-23(26)25(14-18-7-3-2-4-8-18)19-11-12-30(27,28)16-19/h2-10,13,19H,11-12,14-16H2,1H3/t19-/m1/s1. The summed E-state index contributed by atoms with van der Waals surface area (Å²) in [5.74, 6) is 0.366. The second-order valence-corrected chi connectivity index (χ2v) is 10.9. The van der Waals surface area contributed by atoms with E-state index in [0.29, 0.717) is 13.0 Å². The number of pyridine rings is 1.